The minimum atomic E-state index is -4.05. The van der Waals surface area contributed by atoms with Gasteiger partial charge in [-0.2, -0.15) is 0 Å². The molecule has 3 aromatic rings. The van der Waals surface area contributed by atoms with E-state index in [0.29, 0.717) is 18.7 Å². The van der Waals surface area contributed by atoms with Crippen molar-refractivity contribution >= 4 is 33.3 Å². The number of hydrogen-bond donors (Lipinski definition) is 2. The van der Waals surface area contributed by atoms with Crippen LogP contribution in [0, 0.1) is 0 Å². The van der Waals surface area contributed by atoms with Crippen LogP contribution in [0.25, 0.3) is 0 Å². The summed E-state index contributed by atoms with van der Waals surface area (Å²) in [6, 6.07) is 20.5. The van der Waals surface area contributed by atoms with E-state index in [2.05, 4.69) is 19.8 Å². The molecule has 0 spiro atoms. The second-order valence-corrected chi connectivity index (χ2v) is 13.2. The monoisotopic (exact) mass is 631 g/mol. The molecule has 0 unspecified atom stereocenters. The highest BCUT2D eigenvalue weighted by molar-refractivity contribution is 7.92. The normalized spacial score (nSPS) is 16.2. The molecule has 2 aliphatic rings. The predicted octanol–water partition coefficient (Wildman–Crippen LogP) is 3.47. The summed E-state index contributed by atoms with van der Waals surface area (Å²) in [6.45, 7) is 7.57. The molecular weight excluding hydrogens is 590 g/mol. The second-order valence-electron chi connectivity index (χ2n) is 11.5. The van der Waals surface area contributed by atoms with Gasteiger partial charge in [-0.3, -0.25) is 19.1 Å². The van der Waals surface area contributed by atoms with Crippen LogP contribution in [0.3, 0.4) is 0 Å². The van der Waals surface area contributed by atoms with E-state index in [1.807, 2.05) is 4.90 Å². The highest BCUT2D eigenvalue weighted by atomic mass is 32.2. The van der Waals surface area contributed by atoms with Gasteiger partial charge in [0.1, 0.15) is 0 Å². The highest BCUT2D eigenvalue weighted by Gasteiger charge is 2.22. The van der Waals surface area contributed by atoms with Crippen LogP contribution in [-0.2, 0) is 14.8 Å². The number of sulfonamides is 1. The van der Waals surface area contributed by atoms with Gasteiger partial charge in [0.2, 0.25) is 5.91 Å². The maximum absolute atomic E-state index is 13.2. The van der Waals surface area contributed by atoms with E-state index in [1.54, 1.807) is 48.5 Å². The van der Waals surface area contributed by atoms with Crippen LogP contribution >= 0.6 is 0 Å². The number of benzene rings is 3. The first-order chi connectivity index (χ1) is 21.8. The molecule has 11 heteroatoms. The minimum absolute atomic E-state index is 0.0633. The number of hydrogen-bond acceptors (Lipinski definition) is 7. The maximum Gasteiger partial charge on any atom is 0.261 e. The first kappa shape index (κ1) is 32.3. The molecule has 0 aromatic heterocycles. The summed E-state index contributed by atoms with van der Waals surface area (Å²) < 4.78 is 28.9. The second kappa shape index (κ2) is 15.3. The Hall–Kier alpha value is -4.06. The Morgan fingerprint density at radius 3 is 2.04 bits per heavy atom. The number of carbonyl (C=O) groups is 3. The van der Waals surface area contributed by atoms with Crippen molar-refractivity contribution in [3.05, 3.63) is 95.6 Å². The summed E-state index contributed by atoms with van der Waals surface area (Å²) in [5, 5.41) is 2.67. The van der Waals surface area contributed by atoms with Crippen molar-refractivity contribution in [2.45, 2.75) is 30.6 Å². The molecule has 0 saturated carbocycles. The number of rotatable bonds is 12. The lowest BCUT2D eigenvalue weighted by atomic mass is 10.0. The fourth-order valence-electron chi connectivity index (χ4n) is 5.84. The molecule has 3 aromatic carbocycles. The first-order valence-corrected chi connectivity index (χ1v) is 17.1. The van der Waals surface area contributed by atoms with Crippen molar-refractivity contribution in [3.63, 3.8) is 0 Å². The van der Waals surface area contributed by atoms with Gasteiger partial charge in [-0.25, -0.2) is 8.42 Å². The van der Waals surface area contributed by atoms with E-state index >= 15 is 0 Å². The zero-order valence-corrected chi connectivity index (χ0v) is 26.3. The maximum atomic E-state index is 13.2. The van der Waals surface area contributed by atoms with E-state index in [0.717, 1.165) is 39.0 Å². The quantitative estimate of drug-likeness (QED) is 0.294. The lowest BCUT2D eigenvalue weighted by Gasteiger charge is -2.23. The van der Waals surface area contributed by atoms with Crippen LogP contribution in [0.15, 0.2) is 83.8 Å². The number of likely N-dealkylation sites (tertiary alicyclic amines) is 1. The summed E-state index contributed by atoms with van der Waals surface area (Å²) in [6.07, 6.45) is 4.65. The topological polar surface area (TPSA) is 119 Å². The third-order valence-corrected chi connectivity index (χ3v) is 9.75. The molecule has 2 heterocycles. The average molecular weight is 632 g/mol. The zero-order chi connectivity index (χ0) is 31.6. The molecule has 2 aliphatic heterocycles. The zero-order valence-electron chi connectivity index (χ0n) is 25.5. The number of amides is 2. The third kappa shape index (κ3) is 8.78. The van der Waals surface area contributed by atoms with Crippen LogP contribution < -0.4 is 10.0 Å². The van der Waals surface area contributed by atoms with Crippen molar-refractivity contribution in [2.24, 2.45) is 0 Å². The van der Waals surface area contributed by atoms with Gasteiger partial charge < -0.3 is 20.0 Å². The molecule has 2 amide bonds. The smallest absolute Gasteiger partial charge is 0.261 e. The Balaban J connectivity index is 1.11. The number of ketones is 1. The molecule has 0 radical (unpaired) electrons. The standard InChI is InChI=1S/C34H41N5O5S/c40-32(39-23-9-22-38(24-25-39)21-8-20-37-18-6-7-19-37)26-35-34(42)28-14-16-29(17-15-28)45(43,44)36-31-13-5-4-12-30(31)33(41)27-10-2-1-3-11-27/h1-5,10-17,36H,6-9,18-26H2,(H,35,42). The Morgan fingerprint density at radius 1 is 0.667 bits per heavy atom. The van der Waals surface area contributed by atoms with E-state index in [9.17, 15) is 22.8 Å². The Morgan fingerprint density at radius 2 is 1.31 bits per heavy atom. The number of anilines is 1. The molecule has 2 saturated heterocycles. The number of carbonyl (C=O) groups excluding carboxylic acids is 3. The lowest BCUT2D eigenvalue weighted by molar-refractivity contribution is -0.130. The van der Waals surface area contributed by atoms with Crippen LogP contribution in [-0.4, -0.2) is 99.6 Å². The van der Waals surface area contributed by atoms with Gasteiger partial charge in [-0.05, 0) is 94.8 Å². The van der Waals surface area contributed by atoms with Crippen molar-refractivity contribution in [1.29, 1.82) is 0 Å². The van der Waals surface area contributed by atoms with Gasteiger partial charge in [0.15, 0.2) is 5.78 Å². The molecule has 10 nitrogen and oxygen atoms in total. The molecule has 0 bridgehead atoms. The highest BCUT2D eigenvalue weighted by Crippen LogP contribution is 2.23. The van der Waals surface area contributed by atoms with Crippen molar-refractivity contribution in [3.8, 4) is 0 Å². The van der Waals surface area contributed by atoms with E-state index in [1.165, 1.54) is 56.3 Å². The molecule has 45 heavy (non-hydrogen) atoms. The van der Waals surface area contributed by atoms with Gasteiger partial charge >= 0.3 is 0 Å². The summed E-state index contributed by atoms with van der Waals surface area (Å²) >= 11 is 0. The minimum Gasteiger partial charge on any atom is -0.343 e. The van der Waals surface area contributed by atoms with Crippen LogP contribution in [0.4, 0.5) is 5.69 Å². The number of nitrogens with one attached hydrogen (secondary N) is 2. The van der Waals surface area contributed by atoms with Gasteiger partial charge in [-0.1, -0.05) is 42.5 Å². The van der Waals surface area contributed by atoms with E-state index < -0.39 is 15.9 Å². The van der Waals surface area contributed by atoms with Gasteiger partial charge in [0.05, 0.1) is 17.1 Å². The fraction of sp³-hybridized carbons (Fsp3) is 0.382. The molecule has 0 aliphatic carbocycles. The lowest BCUT2D eigenvalue weighted by Crippen LogP contribution is -2.42. The molecule has 5 rings (SSSR count). The SMILES string of the molecule is O=C(NCC(=O)N1CCCN(CCCN2CCCC2)CC1)c1ccc(S(=O)(=O)Nc2ccccc2C(=O)c2ccccc2)cc1. The largest absolute Gasteiger partial charge is 0.343 e. The first-order valence-electron chi connectivity index (χ1n) is 15.6. The van der Waals surface area contributed by atoms with Crippen molar-refractivity contribution < 1.29 is 22.8 Å². The number of nitrogens with zero attached hydrogens (tertiary/aromatic N) is 3. The Labute approximate surface area is 265 Å². The fourth-order valence-corrected chi connectivity index (χ4v) is 6.92. The van der Waals surface area contributed by atoms with Crippen LogP contribution in [0.1, 0.15) is 52.0 Å². The average Bonchev–Trinajstić information content (AvgIpc) is 3.47. The van der Waals surface area contributed by atoms with Gasteiger partial charge in [0, 0.05) is 36.3 Å². The summed E-state index contributed by atoms with van der Waals surface area (Å²) in [5.41, 5.74) is 1.06. The van der Waals surface area contributed by atoms with E-state index in [-0.39, 0.29) is 39.9 Å². The third-order valence-electron chi connectivity index (χ3n) is 8.37. The van der Waals surface area contributed by atoms with Crippen molar-refractivity contribution in [2.75, 3.05) is 63.6 Å². The van der Waals surface area contributed by atoms with Crippen LogP contribution in [0.2, 0.25) is 0 Å². The van der Waals surface area contributed by atoms with Gasteiger partial charge in [-0.15, -0.1) is 0 Å². The predicted molar refractivity (Wildman–Crippen MR) is 174 cm³/mol. The molecule has 2 N–H and O–H groups in total. The Bertz CT molecular complexity index is 1570. The Kier molecular flexibility index (Phi) is 11.0. The molecule has 238 valence electrons. The van der Waals surface area contributed by atoms with E-state index in [4.69, 9.17) is 0 Å². The molecular formula is C34H41N5O5S. The summed E-state index contributed by atoms with van der Waals surface area (Å²) in [7, 11) is -4.05. The van der Waals surface area contributed by atoms with Crippen LogP contribution in [0.5, 0.6) is 0 Å². The van der Waals surface area contributed by atoms with Gasteiger partial charge in [0.25, 0.3) is 15.9 Å². The molecule has 0 atom stereocenters. The summed E-state index contributed by atoms with van der Waals surface area (Å²) in [5.74, 6) is -0.896. The number of para-hydroxylation sites is 1. The van der Waals surface area contributed by atoms with Crippen molar-refractivity contribution in [1.82, 2.24) is 20.0 Å². The molecule has 2 fully saturated rings. The summed E-state index contributed by atoms with van der Waals surface area (Å²) in [4.78, 5) is 45.4.